The third-order valence-electron chi connectivity index (χ3n) is 4.65. The Bertz CT molecular complexity index is 1110. The molecule has 0 saturated carbocycles. The summed E-state index contributed by atoms with van der Waals surface area (Å²) in [5.41, 5.74) is 3.23. The summed E-state index contributed by atoms with van der Waals surface area (Å²) in [5, 5.41) is 5.13. The number of rotatable bonds is 7. The van der Waals surface area contributed by atoms with E-state index in [2.05, 4.69) is 22.4 Å². The van der Waals surface area contributed by atoms with Crippen molar-refractivity contribution in [2.24, 2.45) is 0 Å². The number of anilines is 1. The Kier molecular flexibility index (Phi) is 6.91. The molecule has 0 radical (unpaired) electrons. The normalized spacial score (nSPS) is 15.0. The van der Waals surface area contributed by atoms with Crippen molar-refractivity contribution in [2.45, 2.75) is 12.8 Å². The first-order chi connectivity index (χ1) is 15.1. The number of hydrogen-bond donors (Lipinski definition) is 1. The van der Waals surface area contributed by atoms with Gasteiger partial charge in [-0.1, -0.05) is 78.6 Å². The van der Waals surface area contributed by atoms with Gasteiger partial charge in [-0.15, -0.1) is 11.3 Å². The molecular formula is C23H19N3O2S3. The van der Waals surface area contributed by atoms with Gasteiger partial charge in [-0.3, -0.25) is 14.5 Å². The molecule has 31 heavy (non-hydrogen) atoms. The van der Waals surface area contributed by atoms with Crippen LogP contribution in [0.15, 0.2) is 71.1 Å². The monoisotopic (exact) mass is 465 g/mol. The molecule has 0 aliphatic carbocycles. The van der Waals surface area contributed by atoms with Crippen LogP contribution in [0.4, 0.5) is 5.13 Å². The molecule has 0 atom stereocenters. The van der Waals surface area contributed by atoms with Crippen molar-refractivity contribution in [3.63, 3.8) is 0 Å². The Hall–Kier alpha value is -2.81. The van der Waals surface area contributed by atoms with Crippen molar-refractivity contribution < 1.29 is 9.59 Å². The smallest absolute Gasteiger partial charge is 0.266 e. The first-order valence-electron chi connectivity index (χ1n) is 9.70. The van der Waals surface area contributed by atoms with Crippen LogP contribution in [0.3, 0.4) is 0 Å². The SMILES string of the molecule is O=C(CCCN1C(=O)/C(=C/c2ccc(-c3ccccc3)cc2)SC1=S)Nc1nccs1. The van der Waals surface area contributed by atoms with Gasteiger partial charge >= 0.3 is 0 Å². The molecule has 3 aromatic rings. The number of nitrogens with one attached hydrogen (secondary N) is 1. The van der Waals surface area contributed by atoms with Crippen LogP contribution in [-0.2, 0) is 9.59 Å². The summed E-state index contributed by atoms with van der Waals surface area (Å²) in [6.45, 7) is 0.417. The van der Waals surface area contributed by atoms with Gasteiger partial charge in [0.05, 0.1) is 4.91 Å². The van der Waals surface area contributed by atoms with Crippen LogP contribution in [0.25, 0.3) is 17.2 Å². The fourth-order valence-corrected chi connectivity index (χ4v) is 4.96. The number of carbonyl (C=O) groups is 2. The highest BCUT2D eigenvalue weighted by atomic mass is 32.2. The summed E-state index contributed by atoms with van der Waals surface area (Å²) in [6.07, 6.45) is 4.34. The minimum Gasteiger partial charge on any atom is -0.302 e. The highest BCUT2D eigenvalue weighted by Crippen LogP contribution is 2.33. The second-order valence-corrected chi connectivity index (χ2v) is 9.38. The van der Waals surface area contributed by atoms with E-state index in [1.165, 1.54) is 23.1 Å². The predicted octanol–water partition coefficient (Wildman–Crippen LogP) is 5.43. The second kappa shape index (κ2) is 10.00. The van der Waals surface area contributed by atoms with E-state index in [9.17, 15) is 9.59 Å². The van der Waals surface area contributed by atoms with E-state index >= 15 is 0 Å². The van der Waals surface area contributed by atoms with Gasteiger partial charge in [0.15, 0.2) is 5.13 Å². The minimum atomic E-state index is -0.116. The average molecular weight is 466 g/mol. The van der Waals surface area contributed by atoms with Crippen LogP contribution in [0.1, 0.15) is 18.4 Å². The molecule has 156 valence electrons. The van der Waals surface area contributed by atoms with Crippen molar-refractivity contribution in [1.29, 1.82) is 0 Å². The van der Waals surface area contributed by atoms with Crippen molar-refractivity contribution in [1.82, 2.24) is 9.88 Å². The van der Waals surface area contributed by atoms with Gasteiger partial charge in [0.2, 0.25) is 5.91 Å². The average Bonchev–Trinajstić information content (AvgIpc) is 3.38. The largest absolute Gasteiger partial charge is 0.302 e. The number of aromatic nitrogens is 1. The van der Waals surface area contributed by atoms with Crippen LogP contribution >= 0.6 is 35.3 Å². The van der Waals surface area contributed by atoms with E-state index in [0.29, 0.717) is 33.7 Å². The lowest BCUT2D eigenvalue weighted by Crippen LogP contribution is -2.29. The van der Waals surface area contributed by atoms with Crippen molar-refractivity contribution >= 4 is 62.7 Å². The number of thioether (sulfide) groups is 1. The van der Waals surface area contributed by atoms with Gasteiger partial charge < -0.3 is 5.32 Å². The molecule has 1 aromatic heterocycles. The third-order valence-corrected chi connectivity index (χ3v) is 6.72. The van der Waals surface area contributed by atoms with Crippen LogP contribution in [0.2, 0.25) is 0 Å². The predicted molar refractivity (Wildman–Crippen MR) is 132 cm³/mol. The van der Waals surface area contributed by atoms with E-state index in [-0.39, 0.29) is 11.8 Å². The molecule has 4 rings (SSSR count). The maximum Gasteiger partial charge on any atom is 0.266 e. The Balaban J connectivity index is 1.34. The van der Waals surface area contributed by atoms with Crippen LogP contribution in [0, 0.1) is 0 Å². The number of thiazole rings is 1. The van der Waals surface area contributed by atoms with Gasteiger partial charge in [0.1, 0.15) is 4.32 Å². The van der Waals surface area contributed by atoms with Gasteiger partial charge in [0, 0.05) is 24.5 Å². The van der Waals surface area contributed by atoms with Gasteiger partial charge in [-0.2, -0.15) is 0 Å². The quantitative estimate of drug-likeness (QED) is 0.372. The van der Waals surface area contributed by atoms with E-state index in [1.807, 2.05) is 48.5 Å². The Labute approximate surface area is 194 Å². The second-order valence-electron chi connectivity index (χ2n) is 6.81. The molecule has 1 N–H and O–H groups in total. The number of hydrogen-bond acceptors (Lipinski definition) is 6. The van der Waals surface area contributed by atoms with Gasteiger partial charge in [0.25, 0.3) is 5.91 Å². The zero-order valence-electron chi connectivity index (χ0n) is 16.5. The maximum absolute atomic E-state index is 12.8. The molecule has 1 saturated heterocycles. The maximum atomic E-state index is 12.8. The van der Waals surface area contributed by atoms with E-state index in [0.717, 1.165) is 16.7 Å². The lowest BCUT2D eigenvalue weighted by molar-refractivity contribution is -0.122. The third kappa shape index (κ3) is 5.46. The highest BCUT2D eigenvalue weighted by Gasteiger charge is 2.31. The van der Waals surface area contributed by atoms with E-state index < -0.39 is 0 Å². The molecule has 0 bridgehead atoms. The lowest BCUT2D eigenvalue weighted by Gasteiger charge is -2.13. The summed E-state index contributed by atoms with van der Waals surface area (Å²) in [6, 6.07) is 18.2. The molecule has 0 spiro atoms. The molecule has 5 nitrogen and oxygen atoms in total. The zero-order chi connectivity index (χ0) is 21.6. The molecule has 1 aliphatic rings. The first kappa shape index (κ1) is 21.4. The summed E-state index contributed by atoms with van der Waals surface area (Å²) in [7, 11) is 0. The molecule has 1 fully saturated rings. The number of amides is 2. The van der Waals surface area contributed by atoms with Crippen LogP contribution < -0.4 is 5.32 Å². The number of carbonyl (C=O) groups excluding carboxylic acids is 2. The lowest BCUT2D eigenvalue weighted by atomic mass is 10.0. The minimum absolute atomic E-state index is 0.109. The molecule has 2 amide bonds. The van der Waals surface area contributed by atoms with Crippen LogP contribution in [0.5, 0.6) is 0 Å². The summed E-state index contributed by atoms with van der Waals surface area (Å²) < 4.78 is 0.525. The van der Waals surface area contributed by atoms with Crippen molar-refractivity contribution in [3.8, 4) is 11.1 Å². The molecule has 2 aromatic carbocycles. The fourth-order valence-electron chi connectivity index (χ4n) is 3.11. The van der Waals surface area contributed by atoms with Gasteiger partial charge in [-0.25, -0.2) is 4.98 Å². The molecule has 2 heterocycles. The van der Waals surface area contributed by atoms with E-state index in [1.54, 1.807) is 16.5 Å². The standard InChI is InChI=1S/C23H19N3O2S3/c27-20(25-22-24-12-14-30-22)7-4-13-26-21(28)19(31-23(26)29)15-16-8-10-18(11-9-16)17-5-2-1-3-6-17/h1-3,5-6,8-12,14-15H,4,7,13H2,(H,24,25,27)/b19-15-. The summed E-state index contributed by atoms with van der Waals surface area (Å²) in [4.78, 5) is 31.0. The number of benzene rings is 2. The fraction of sp³-hybridized carbons (Fsp3) is 0.130. The van der Waals surface area contributed by atoms with Gasteiger partial charge in [-0.05, 0) is 29.2 Å². The topological polar surface area (TPSA) is 62.3 Å². The highest BCUT2D eigenvalue weighted by molar-refractivity contribution is 8.26. The molecule has 1 aliphatic heterocycles. The Morgan fingerprint density at radius 3 is 2.55 bits per heavy atom. The Morgan fingerprint density at radius 1 is 1.10 bits per heavy atom. The summed E-state index contributed by atoms with van der Waals surface area (Å²) in [5.74, 6) is -0.225. The zero-order valence-corrected chi connectivity index (χ0v) is 18.9. The Morgan fingerprint density at radius 2 is 1.84 bits per heavy atom. The number of thiocarbonyl (C=S) groups is 1. The van der Waals surface area contributed by atoms with E-state index in [4.69, 9.17) is 12.2 Å². The summed E-state index contributed by atoms with van der Waals surface area (Å²) >= 11 is 8.06. The molecule has 8 heteroatoms. The number of nitrogens with zero attached hydrogens (tertiary/aromatic N) is 2. The van der Waals surface area contributed by atoms with Crippen LogP contribution in [-0.4, -0.2) is 32.6 Å². The van der Waals surface area contributed by atoms with Crippen molar-refractivity contribution in [2.75, 3.05) is 11.9 Å². The van der Waals surface area contributed by atoms with Crippen molar-refractivity contribution in [3.05, 3.63) is 76.6 Å². The first-order valence-corrected chi connectivity index (χ1v) is 11.8. The molecule has 0 unspecified atom stereocenters. The molecular weight excluding hydrogens is 446 g/mol.